The Kier molecular flexibility index (Phi) is 11.1. The molecule has 242 valence electrons. The topological polar surface area (TPSA) is 115 Å². The average molecular weight is 639 g/mol. The maximum absolute atomic E-state index is 14.1. The predicted octanol–water partition coefficient (Wildman–Crippen LogP) is 6.95. The van der Waals surface area contributed by atoms with Crippen LogP contribution in [0.15, 0.2) is 54.6 Å². The first-order chi connectivity index (χ1) is 21.4. The van der Waals surface area contributed by atoms with Crippen molar-refractivity contribution in [3.8, 4) is 11.5 Å². The largest absolute Gasteiger partial charge is 0.508 e. The maximum atomic E-state index is 14.1. The Bertz CT molecular complexity index is 1540. The second-order valence-electron chi connectivity index (χ2n) is 13.0. The molecule has 2 aliphatic carbocycles. The minimum Gasteiger partial charge on any atom is -0.508 e. The number of ketones is 2. The smallest absolute Gasteiger partial charge is 0.168 e. The average Bonchev–Trinajstić information content (AvgIpc) is 3.32. The van der Waals surface area contributed by atoms with Crippen LogP contribution in [0, 0.1) is 36.9 Å². The molecule has 8 heteroatoms. The molecule has 0 aromatic heterocycles. The molecule has 45 heavy (non-hydrogen) atoms. The monoisotopic (exact) mass is 638 g/mol. The van der Waals surface area contributed by atoms with Gasteiger partial charge in [-0.25, -0.2) is 4.39 Å². The van der Waals surface area contributed by atoms with Crippen LogP contribution in [0.3, 0.4) is 0 Å². The van der Waals surface area contributed by atoms with E-state index in [1.807, 2.05) is 51.1 Å². The van der Waals surface area contributed by atoms with Crippen LogP contribution in [0.1, 0.15) is 73.3 Å². The summed E-state index contributed by atoms with van der Waals surface area (Å²) in [4.78, 5) is 24.6. The van der Waals surface area contributed by atoms with E-state index >= 15 is 0 Å². The molecule has 2 saturated carbocycles. The van der Waals surface area contributed by atoms with Crippen LogP contribution in [-0.4, -0.2) is 45.2 Å². The summed E-state index contributed by atoms with van der Waals surface area (Å²) in [6, 6.07) is 15.6. The van der Waals surface area contributed by atoms with E-state index < -0.39 is 11.2 Å². The molecule has 0 saturated heterocycles. The molecule has 0 radical (unpaired) electrons. The van der Waals surface area contributed by atoms with Crippen LogP contribution in [0.4, 0.5) is 4.39 Å². The van der Waals surface area contributed by atoms with Crippen molar-refractivity contribution in [2.45, 2.75) is 77.6 Å². The molecule has 0 aliphatic heterocycles. The minimum absolute atomic E-state index is 0.0554. The van der Waals surface area contributed by atoms with Gasteiger partial charge in [-0.15, -0.1) is 0 Å². The zero-order chi connectivity index (χ0) is 32.9. The first kappa shape index (κ1) is 34.6. The third kappa shape index (κ3) is 7.26. The van der Waals surface area contributed by atoms with Crippen molar-refractivity contribution in [1.29, 1.82) is 0 Å². The molecule has 0 bridgehead atoms. The van der Waals surface area contributed by atoms with Crippen molar-refractivity contribution in [2.24, 2.45) is 17.3 Å². The summed E-state index contributed by atoms with van der Waals surface area (Å²) in [6.07, 6.45) is 4.29. The highest BCUT2D eigenvalue weighted by molar-refractivity contribution is 6.31. The number of Topliss-reactive ketones (excluding diaryl/α,β-unsaturated/α-hetero) is 2. The number of aromatic hydroxyl groups is 2. The number of aryl methyl sites for hydroxylation is 2. The van der Waals surface area contributed by atoms with Gasteiger partial charge in [0.15, 0.2) is 11.6 Å². The Morgan fingerprint density at radius 2 is 1.71 bits per heavy atom. The van der Waals surface area contributed by atoms with E-state index in [4.69, 9.17) is 11.6 Å². The highest BCUT2D eigenvalue weighted by Gasteiger charge is 2.53. The van der Waals surface area contributed by atoms with E-state index in [2.05, 4.69) is 0 Å². The zero-order valence-electron chi connectivity index (χ0n) is 26.3. The van der Waals surface area contributed by atoms with Crippen LogP contribution in [-0.2, 0) is 27.8 Å². The van der Waals surface area contributed by atoms with Crippen molar-refractivity contribution < 1.29 is 34.4 Å². The first-order valence-electron chi connectivity index (χ1n) is 15.6. The van der Waals surface area contributed by atoms with Gasteiger partial charge in [-0.3, -0.25) is 9.59 Å². The van der Waals surface area contributed by atoms with E-state index in [9.17, 15) is 34.4 Å². The molecule has 4 atom stereocenters. The van der Waals surface area contributed by atoms with Gasteiger partial charge in [0, 0.05) is 41.2 Å². The lowest BCUT2D eigenvalue weighted by Crippen LogP contribution is -2.42. The van der Waals surface area contributed by atoms with Crippen molar-refractivity contribution in [3.05, 3.63) is 93.3 Å². The van der Waals surface area contributed by atoms with Crippen LogP contribution in [0.5, 0.6) is 11.5 Å². The molecule has 6 nitrogen and oxygen atoms in total. The second kappa shape index (κ2) is 14.4. The van der Waals surface area contributed by atoms with Gasteiger partial charge in [0.2, 0.25) is 0 Å². The Balaban J connectivity index is 0.000000205. The summed E-state index contributed by atoms with van der Waals surface area (Å²) in [5, 5.41) is 39.6. The Morgan fingerprint density at radius 3 is 2.40 bits per heavy atom. The predicted molar refractivity (Wildman–Crippen MR) is 173 cm³/mol. The fourth-order valence-corrected chi connectivity index (χ4v) is 7.68. The Morgan fingerprint density at radius 1 is 1.00 bits per heavy atom. The van der Waals surface area contributed by atoms with Gasteiger partial charge in [-0.1, -0.05) is 48.9 Å². The highest BCUT2D eigenvalue weighted by Crippen LogP contribution is 2.52. The number of halogens is 2. The first-order valence-corrected chi connectivity index (χ1v) is 16.0. The van der Waals surface area contributed by atoms with Crippen LogP contribution < -0.4 is 0 Å². The van der Waals surface area contributed by atoms with E-state index in [-0.39, 0.29) is 53.5 Å². The molecular formula is C37H44ClFO6. The Hall–Kier alpha value is -3.26. The quantitative estimate of drug-likeness (QED) is 0.202. The fraction of sp³-hybridized carbons (Fsp3) is 0.459. The summed E-state index contributed by atoms with van der Waals surface area (Å²) in [5.74, 6) is -0.367. The number of phenolic OH excluding ortho intramolecular Hbond substituents is 2. The van der Waals surface area contributed by atoms with Crippen molar-refractivity contribution in [1.82, 2.24) is 0 Å². The number of carbonyl (C=O) groups is 2. The lowest BCUT2D eigenvalue weighted by molar-refractivity contribution is -0.136. The van der Waals surface area contributed by atoms with Crippen molar-refractivity contribution in [2.75, 3.05) is 13.2 Å². The number of aliphatic hydroxyl groups excluding tert-OH is 2. The number of carbonyl (C=O) groups excluding carboxylic acids is 2. The molecule has 3 aromatic carbocycles. The number of phenols is 2. The van der Waals surface area contributed by atoms with Gasteiger partial charge in [0.25, 0.3) is 0 Å². The summed E-state index contributed by atoms with van der Waals surface area (Å²) in [7, 11) is 0. The van der Waals surface area contributed by atoms with Crippen LogP contribution in [0.25, 0.3) is 0 Å². The van der Waals surface area contributed by atoms with E-state index in [0.717, 1.165) is 28.7 Å². The lowest BCUT2D eigenvalue weighted by Gasteiger charge is -2.39. The highest BCUT2D eigenvalue weighted by atomic mass is 35.5. The third-order valence-electron chi connectivity index (χ3n) is 10.3. The molecule has 3 aromatic rings. The molecule has 0 amide bonds. The summed E-state index contributed by atoms with van der Waals surface area (Å²) in [5.41, 5.74) is 2.93. The SMILES string of the molecule is Cc1ccc(O)c(F)c1CC[C@@H]1C(=O)CC[C@]2(C)C(=O)CC[C@@H]12.Cc1ccc(O)cc1C(CO)(CCO)Cc1ccccc1Cl. The second-order valence-corrected chi connectivity index (χ2v) is 13.4. The normalized spacial score (nSPS) is 22.4. The molecular weight excluding hydrogens is 595 g/mol. The molecule has 5 rings (SSSR count). The van der Waals surface area contributed by atoms with Crippen molar-refractivity contribution in [3.63, 3.8) is 0 Å². The van der Waals surface area contributed by atoms with E-state index in [1.165, 1.54) is 6.07 Å². The molecule has 2 aliphatic rings. The van der Waals surface area contributed by atoms with Crippen molar-refractivity contribution >= 4 is 23.2 Å². The molecule has 0 heterocycles. The van der Waals surface area contributed by atoms with Crippen LogP contribution in [0.2, 0.25) is 5.02 Å². The third-order valence-corrected chi connectivity index (χ3v) is 10.6. The number of hydrogen-bond acceptors (Lipinski definition) is 6. The summed E-state index contributed by atoms with van der Waals surface area (Å²) in [6.45, 7) is 5.54. The number of fused-ring (bicyclic) bond motifs is 1. The van der Waals surface area contributed by atoms with E-state index in [0.29, 0.717) is 55.5 Å². The maximum Gasteiger partial charge on any atom is 0.168 e. The Labute approximate surface area is 269 Å². The molecule has 4 N–H and O–H groups in total. The molecule has 2 fully saturated rings. The number of benzene rings is 3. The summed E-state index contributed by atoms with van der Waals surface area (Å²) < 4.78 is 14.1. The number of aliphatic hydroxyl groups is 2. The van der Waals surface area contributed by atoms with Gasteiger partial charge >= 0.3 is 0 Å². The standard InChI is InChI=1S/C19H23FO3.C18H21ClO3/c1-11-3-7-16(22)18(20)12(11)4-5-13-14-6-8-17(23)19(14,2)10-9-15(13)21;1-13-6-7-15(22)10-16(13)18(12-21,8-9-20)11-14-4-2-3-5-17(14)19/h3,7,13-14,22H,4-6,8-10H2,1-2H3;2-7,10,20-22H,8-9,11-12H2,1H3/t13-,14-,19-;/m0./s1. The van der Waals surface area contributed by atoms with Gasteiger partial charge < -0.3 is 20.4 Å². The van der Waals surface area contributed by atoms with Gasteiger partial charge in [0.05, 0.1) is 6.61 Å². The van der Waals surface area contributed by atoms with E-state index in [1.54, 1.807) is 18.2 Å². The summed E-state index contributed by atoms with van der Waals surface area (Å²) >= 11 is 6.25. The zero-order valence-corrected chi connectivity index (χ0v) is 27.0. The van der Waals surface area contributed by atoms with Crippen LogP contribution >= 0.6 is 11.6 Å². The molecule has 0 spiro atoms. The lowest BCUT2D eigenvalue weighted by atomic mass is 9.62. The number of hydrogen-bond donors (Lipinski definition) is 4. The van der Waals surface area contributed by atoms with Gasteiger partial charge in [-0.05, 0) is 110 Å². The molecule has 1 unspecified atom stereocenters. The minimum atomic E-state index is -0.678. The number of rotatable bonds is 9. The van der Waals surface area contributed by atoms with Gasteiger partial charge in [-0.2, -0.15) is 0 Å². The van der Waals surface area contributed by atoms with Gasteiger partial charge in [0.1, 0.15) is 17.3 Å². The fourth-order valence-electron chi connectivity index (χ4n) is 7.47.